The Morgan fingerprint density at radius 3 is 2.63 bits per heavy atom. The fourth-order valence-corrected chi connectivity index (χ4v) is 2.03. The van der Waals surface area contributed by atoms with E-state index >= 15 is 0 Å². The maximum Gasteiger partial charge on any atom is 0.269 e. The van der Waals surface area contributed by atoms with Crippen molar-refractivity contribution in [2.24, 2.45) is 0 Å². The van der Waals surface area contributed by atoms with Crippen molar-refractivity contribution in [2.75, 3.05) is 27.2 Å². The van der Waals surface area contributed by atoms with Gasteiger partial charge in [-0.2, -0.15) is 0 Å². The zero-order chi connectivity index (χ0) is 14.1. The topological polar surface area (TPSA) is 45.2 Å². The smallest absolute Gasteiger partial charge is 0.269 e. The normalized spacial score (nSPS) is 10.7. The summed E-state index contributed by atoms with van der Waals surface area (Å²) in [4.78, 5) is 18.1. The molecule has 4 nitrogen and oxygen atoms in total. The van der Waals surface area contributed by atoms with E-state index in [2.05, 4.69) is 51.9 Å². The summed E-state index contributed by atoms with van der Waals surface area (Å²) in [5.41, 5.74) is 0.494. The molecule has 1 heterocycles. The van der Waals surface area contributed by atoms with Gasteiger partial charge in [-0.15, -0.1) is 0 Å². The zero-order valence-corrected chi connectivity index (χ0v) is 13.8. The Kier molecular flexibility index (Phi) is 7.97. The maximum absolute atomic E-state index is 11.8. The Bertz CT molecular complexity index is 379. The van der Waals surface area contributed by atoms with Crippen LogP contribution in [0.5, 0.6) is 0 Å². The van der Waals surface area contributed by atoms with Crippen LogP contribution in [0.2, 0.25) is 0 Å². The molecule has 1 N–H and O–H groups in total. The van der Waals surface area contributed by atoms with Crippen molar-refractivity contribution in [3.05, 3.63) is 27.6 Å². The molecule has 0 aliphatic rings. The summed E-state index contributed by atoms with van der Waals surface area (Å²) in [5.74, 6) is -0.0790. The van der Waals surface area contributed by atoms with Crippen molar-refractivity contribution in [3.63, 3.8) is 0 Å². The van der Waals surface area contributed by atoms with Crippen molar-refractivity contribution in [1.29, 1.82) is 0 Å². The van der Waals surface area contributed by atoms with Gasteiger partial charge in [-0.1, -0.05) is 12.8 Å². The predicted molar refractivity (Wildman–Crippen MR) is 86.3 cm³/mol. The van der Waals surface area contributed by atoms with Gasteiger partial charge in [0.05, 0.1) is 0 Å². The second kappa shape index (κ2) is 9.25. The highest BCUT2D eigenvalue weighted by Crippen LogP contribution is 2.03. The number of amides is 1. The fourth-order valence-electron chi connectivity index (χ4n) is 1.71. The predicted octanol–water partition coefficient (Wildman–Crippen LogP) is 2.54. The van der Waals surface area contributed by atoms with Crippen LogP contribution in [-0.4, -0.2) is 43.0 Å². The van der Waals surface area contributed by atoms with Crippen LogP contribution >= 0.6 is 22.6 Å². The van der Waals surface area contributed by atoms with Gasteiger partial charge in [0.25, 0.3) is 5.91 Å². The minimum Gasteiger partial charge on any atom is -0.351 e. The Balaban J connectivity index is 2.09. The van der Waals surface area contributed by atoms with Crippen LogP contribution in [0.25, 0.3) is 0 Å². The molecule has 0 aliphatic heterocycles. The number of unbranched alkanes of at least 4 members (excludes halogenated alkanes) is 3. The maximum atomic E-state index is 11.8. The number of rotatable bonds is 8. The first-order chi connectivity index (χ1) is 9.09. The first kappa shape index (κ1) is 16.4. The molecule has 0 saturated heterocycles. The van der Waals surface area contributed by atoms with Crippen LogP contribution in [0.4, 0.5) is 0 Å². The van der Waals surface area contributed by atoms with Crippen LogP contribution < -0.4 is 5.32 Å². The fraction of sp³-hybridized carbons (Fsp3) is 0.571. The van der Waals surface area contributed by atoms with E-state index in [1.165, 1.54) is 12.8 Å². The van der Waals surface area contributed by atoms with Crippen molar-refractivity contribution in [2.45, 2.75) is 25.7 Å². The number of nitrogens with zero attached hydrogens (tertiary/aromatic N) is 2. The van der Waals surface area contributed by atoms with E-state index in [0.29, 0.717) is 5.69 Å². The van der Waals surface area contributed by atoms with Crippen molar-refractivity contribution < 1.29 is 4.79 Å². The number of halogens is 1. The average Bonchev–Trinajstić information content (AvgIpc) is 2.38. The molecule has 0 spiro atoms. The third-order valence-electron chi connectivity index (χ3n) is 2.78. The lowest BCUT2D eigenvalue weighted by Crippen LogP contribution is -2.25. The van der Waals surface area contributed by atoms with Gasteiger partial charge in [0.1, 0.15) is 5.69 Å². The summed E-state index contributed by atoms with van der Waals surface area (Å²) in [6.07, 6.45) is 6.34. The average molecular weight is 372 g/mol. The van der Waals surface area contributed by atoms with Gasteiger partial charge in [0, 0.05) is 16.3 Å². The molecule has 0 saturated carbocycles. The van der Waals surface area contributed by atoms with Gasteiger partial charge in [0.15, 0.2) is 0 Å². The van der Waals surface area contributed by atoms with E-state index in [1.54, 1.807) is 12.3 Å². The molecule has 0 bridgehead atoms. The number of nitrogens with one attached hydrogen (secondary N) is 1. The number of pyridine rings is 1. The summed E-state index contributed by atoms with van der Waals surface area (Å²) < 4.78 is 1.04. The molecular weight excluding hydrogens is 350 g/mol. The number of carbonyl (C=O) groups is 1. The van der Waals surface area contributed by atoms with Crippen LogP contribution in [0, 0.1) is 3.57 Å². The second-order valence-electron chi connectivity index (χ2n) is 4.84. The third kappa shape index (κ3) is 7.47. The highest BCUT2D eigenvalue weighted by Gasteiger charge is 2.05. The SMILES string of the molecule is CN(C)CCCCCCNC(=O)c1ccc([124I])cn1. The first-order valence-electron chi connectivity index (χ1n) is 6.64. The summed E-state index contributed by atoms with van der Waals surface area (Å²) in [6.45, 7) is 1.87. The number of carbonyl (C=O) groups excluding carboxylic acids is 1. The molecule has 1 amide bonds. The number of hydrogen-bond donors (Lipinski definition) is 1. The van der Waals surface area contributed by atoms with E-state index in [-0.39, 0.29) is 5.91 Å². The second-order valence-corrected chi connectivity index (χ2v) is 6.08. The standard InChI is InChI=1S/C14H22IN3O/c1-18(2)10-6-4-3-5-9-16-14(19)13-8-7-12(15)11-17-13/h7-8,11H,3-6,9-10H2,1-2H3,(H,16,19)/i15-3. The van der Waals surface area contributed by atoms with Crippen molar-refractivity contribution in [3.8, 4) is 0 Å². The van der Waals surface area contributed by atoms with E-state index in [0.717, 1.165) is 29.5 Å². The molecule has 1 aromatic rings. The highest BCUT2D eigenvalue weighted by molar-refractivity contribution is 14.1. The van der Waals surface area contributed by atoms with E-state index in [9.17, 15) is 4.79 Å². The van der Waals surface area contributed by atoms with Crippen LogP contribution in [0.15, 0.2) is 18.3 Å². The van der Waals surface area contributed by atoms with Crippen LogP contribution in [0.1, 0.15) is 36.2 Å². The van der Waals surface area contributed by atoms with Gasteiger partial charge in [-0.3, -0.25) is 4.79 Å². The van der Waals surface area contributed by atoms with Gasteiger partial charge in [-0.05, 0) is 68.2 Å². The van der Waals surface area contributed by atoms with Crippen molar-refractivity contribution in [1.82, 2.24) is 15.2 Å². The monoisotopic (exact) mass is 372 g/mol. The minimum absolute atomic E-state index is 0.0790. The third-order valence-corrected chi connectivity index (χ3v) is 3.42. The highest BCUT2D eigenvalue weighted by atomic mass is 124. The van der Waals surface area contributed by atoms with Gasteiger partial charge >= 0.3 is 0 Å². The lowest BCUT2D eigenvalue weighted by molar-refractivity contribution is 0.0948. The van der Waals surface area contributed by atoms with Gasteiger partial charge < -0.3 is 10.2 Å². The van der Waals surface area contributed by atoms with Gasteiger partial charge in [-0.25, -0.2) is 4.98 Å². The molecule has 5 heteroatoms. The summed E-state index contributed by atoms with van der Waals surface area (Å²) in [6, 6.07) is 3.65. The number of hydrogen-bond acceptors (Lipinski definition) is 3. The largest absolute Gasteiger partial charge is 0.351 e. The Labute approximate surface area is 129 Å². The van der Waals surface area contributed by atoms with Gasteiger partial charge in [0.2, 0.25) is 0 Å². The molecule has 0 radical (unpaired) electrons. The lowest BCUT2D eigenvalue weighted by atomic mass is 10.2. The Morgan fingerprint density at radius 2 is 2.00 bits per heavy atom. The molecule has 0 atom stereocenters. The molecule has 1 rings (SSSR count). The van der Waals surface area contributed by atoms with E-state index < -0.39 is 0 Å². The molecule has 1 aromatic heterocycles. The zero-order valence-electron chi connectivity index (χ0n) is 11.7. The van der Waals surface area contributed by atoms with E-state index in [4.69, 9.17) is 0 Å². The molecule has 0 unspecified atom stereocenters. The minimum atomic E-state index is -0.0790. The summed E-state index contributed by atoms with van der Waals surface area (Å²) >= 11 is 2.17. The van der Waals surface area contributed by atoms with E-state index in [1.807, 2.05) is 6.07 Å². The number of aromatic nitrogens is 1. The molecule has 0 aliphatic carbocycles. The van der Waals surface area contributed by atoms with Crippen LogP contribution in [-0.2, 0) is 0 Å². The van der Waals surface area contributed by atoms with Crippen molar-refractivity contribution >= 4 is 28.5 Å². The first-order valence-corrected chi connectivity index (χ1v) is 7.72. The molecule has 106 valence electrons. The molecular formula is C14H22IN3O. The molecule has 0 aromatic carbocycles. The quantitative estimate of drug-likeness (QED) is 0.564. The lowest BCUT2D eigenvalue weighted by Gasteiger charge is -2.08. The van der Waals surface area contributed by atoms with Crippen LogP contribution in [0.3, 0.4) is 0 Å². The molecule has 19 heavy (non-hydrogen) atoms. The Hall–Kier alpha value is -0.690. The summed E-state index contributed by atoms with van der Waals surface area (Å²) in [5, 5.41) is 2.90. The molecule has 0 fully saturated rings. The summed E-state index contributed by atoms with van der Waals surface area (Å²) in [7, 11) is 4.18. The Morgan fingerprint density at radius 1 is 1.26 bits per heavy atom.